The molecule has 2 unspecified atom stereocenters. The monoisotopic (exact) mass is 1530 g/mol. The predicted molar refractivity (Wildman–Crippen MR) is 327 cm³/mol. The van der Waals surface area contributed by atoms with Crippen molar-refractivity contribution in [3.05, 3.63) is 84.4 Å². The van der Waals surface area contributed by atoms with Crippen LogP contribution in [-0.2, 0) is 19.1 Å². The molecule has 0 bridgehead atoms. The molecule has 0 saturated heterocycles. The Morgan fingerprint density at radius 3 is 1.33 bits per heavy atom. The fourth-order valence-corrected chi connectivity index (χ4v) is 10.1. The maximum atomic E-state index is 13.8. The topological polar surface area (TPSA) is 315 Å². The van der Waals surface area contributed by atoms with Crippen LogP contribution in [0, 0.1) is 54.8 Å². The summed E-state index contributed by atoms with van der Waals surface area (Å²) in [6.45, 7) is 13.2. The Kier molecular flexibility index (Phi) is 27.6. The Hall–Kier alpha value is -6.05. The minimum atomic E-state index is -2.95. The van der Waals surface area contributed by atoms with Gasteiger partial charge in [0.15, 0.2) is 22.8 Å². The van der Waals surface area contributed by atoms with Crippen molar-refractivity contribution in [2.24, 2.45) is 23.7 Å². The first kappa shape index (κ1) is 75.7. The van der Waals surface area contributed by atoms with Gasteiger partial charge in [0.25, 0.3) is 24.7 Å². The first-order valence-corrected chi connectivity index (χ1v) is 28.7. The Morgan fingerprint density at radius 1 is 0.648 bits per heavy atom. The zero-order valence-electron chi connectivity index (χ0n) is 53.0. The number of carboxylic acid groups (broad SMARTS) is 1. The number of hydrogen-bond donors (Lipinski definition) is 3. The molecule has 4 amide bonds. The minimum Gasteiger partial charge on any atom is -0.870 e. The van der Waals surface area contributed by atoms with Crippen LogP contribution >= 0.6 is 19.7 Å². The molecule has 0 radical (unpaired) electrons. The smallest absolute Gasteiger partial charge is 0.870 e. The van der Waals surface area contributed by atoms with Crippen LogP contribution in [0.25, 0.3) is 22.9 Å². The molecule has 24 nitrogen and oxygen atoms in total. The summed E-state index contributed by atoms with van der Waals surface area (Å²) in [5.41, 5.74) is -2.13. The summed E-state index contributed by atoms with van der Waals surface area (Å²) in [5, 5.41) is 22.2. The van der Waals surface area contributed by atoms with Gasteiger partial charge in [0.2, 0.25) is 11.8 Å². The van der Waals surface area contributed by atoms with E-state index in [-0.39, 0.29) is 124 Å². The Bertz CT molecular complexity index is 3230. The van der Waals surface area contributed by atoms with E-state index in [1.807, 2.05) is 0 Å². The summed E-state index contributed by atoms with van der Waals surface area (Å²) in [7, 11) is 1.67. The molecular weight excluding hydrogens is 1450 g/mol. The first-order valence-electron chi connectivity index (χ1n) is 29.3. The molecule has 91 heavy (non-hydrogen) atoms. The van der Waals surface area contributed by atoms with Crippen molar-refractivity contribution >= 4 is 78.5 Å². The molecule has 6 heterocycles. The second kappa shape index (κ2) is 33.2. The largest absolute Gasteiger partial charge is 1.00 e. The number of rotatable bonds is 18. The third-order valence-electron chi connectivity index (χ3n) is 15.0. The third kappa shape index (κ3) is 21.0. The van der Waals surface area contributed by atoms with Crippen molar-refractivity contribution in [1.29, 1.82) is 1.28 Å². The van der Waals surface area contributed by atoms with E-state index in [9.17, 15) is 51.4 Å². The molecule has 488 valence electrons. The van der Waals surface area contributed by atoms with Gasteiger partial charge in [-0.15, -0.1) is 0 Å². The van der Waals surface area contributed by atoms with Crippen LogP contribution in [0.1, 0.15) is 183 Å². The number of nitrogens with one attached hydrogen (secondary N) is 2. The Morgan fingerprint density at radius 2 is 1.01 bits per heavy atom. The molecule has 4 fully saturated rings. The molecule has 6 aromatic heterocycles. The van der Waals surface area contributed by atoms with Gasteiger partial charge in [0.1, 0.15) is 41.1 Å². The minimum absolute atomic E-state index is 0. The van der Waals surface area contributed by atoms with E-state index in [1.54, 1.807) is 82.6 Å². The van der Waals surface area contributed by atoms with Crippen LogP contribution in [0.5, 0.6) is 0 Å². The van der Waals surface area contributed by atoms with Crippen LogP contribution in [0.3, 0.4) is 0 Å². The van der Waals surface area contributed by atoms with Crippen LogP contribution in [-0.4, -0.2) is 111 Å². The number of hydrogen-bond acceptors (Lipinski definition) is 17. The van der Waals surface area contributed by atoms with Gasteiger partial charge in [-0.3, -0.25) is 38.3 Å². The van der Waals surface area contributed by atoms with E-state index in [0.717, 1.165) is 38.2 Å². The molecule has 4 N–H and O–H groups in total. The average Bonchev–Trinajstić information content (AvgIpc) is 1.79. The number of amides is 4. The van der Waals surface area contributed by atoms with Crippen molar-refractivity contribution in [2.75, 3.05) is 33.5 Å². The zero-order valence-corrected chi connectivity index (χ0v) is 58.8. The van der Waals surface area contributed by atoms with Crippen LogP contribution in [0.15, 0.2) is 70.4 Å². The molecule has 4 aliphatic rings. The van der Waals surface area contributed by atoms with E-state index < -0.39 is 71.3 Å². The number of carboxylic acids is 1. The van der Waals surface area contributed by atoms with E-state index in [2.05, 4.69) is 40.8 Å². The number of aromatic nitrogens is 8. The number of ketones is 1. The van der Waals surface area contributed by atoms with E-state index in [4.69, 9.17) is 19.6 Å². The molecule has 0 aliphatic heterocycles. The molecule has 6 aromatic rings. The quantitative estimate of drug-likeness (QED) is 0.0409. The van der Waals surface area contributed by atoms with E-state index in [1.165, 1.54) is 44.0 Å². The normalized spacial score (nSPS) is 17.9. The molecule has 4 saturated carbocycles. The number of anilines is 4. The Labute approximate surface area is 567 Å². The zero-order chi connectivity index (χ0) is 63.8. The number of halogens is 4. The number of aliphatic carboxylic acids is 1. The molecule has 0 spiro atoms. The van der Waals surface area contributed by atoms with Crippen molar-refractivity contribution in [1.82, 2.24) is 39.5 Å². The van der Waals surface area contributed by atoms with Gasteiger partial charge in [0, 0.05) is 86.0 Å². The maximum Gasteiger partial charge on any atom is 1.00 e. The number of alkyl halides is 4. The molecule has 2 atom stereocenters. The second-order valence-electron chi connectivity index (χ2n) is 24.2. The summed E-state index contributed by atoms with van der Waals surface area (Å²) in [4.78, 5) is 95.0. The van der Waals surface area contributed by atoms with Gasteiger partial charge < -0.3 is 39.5 Å². The summed E-state index contributed by atoms with van der Waals surface area (Å²) in [6.07, 6.45) is 9.53. The number of Topliss-reactive ketones (excluding diaryl/α,β-unsaturated/α-hetero) is 1. The van der Waals surface area contributed by atoms with Gasteiger partial charge >= 0.3 is 37.0 Å². The number of oxazole rings is 2. The van der Waals surface area contributed by atoms with Gasteiger partial charge in [-0.05, 0) is 162 Å². The standard InChI is InChI=1S/C30H36F2N6O5.C29H34F2N6O6.Li.H2O.2H3P.U/c1-17(39)19-7-9-21(10-8-19)38-15-22(25(36-38)26(31)32)34-27(40)23-16-42-28(35-23)20-11-12-33-24(13-20)37(14-18-5-6-18)29(41)43-30(2,3)4;1-29(2,3)43-28(41)36(13-16-4-5-16)22-12-18(10-11-32-22)26-34-21(15-42-26)25(38)33-20-14-37(35-23(20)24(30)31)19-8-6-17(7-9-19)27(39)40;;;;;/h11-13,15-16,18-19,21,26H,5-10,14H2,1-4H3,(H,34,40);10-12,14-17,19,24H,4-9,13H2,1-3H3,(H,33,38)(H,39,40);;1H2;2*1H3;/q;;+1;;;;/p-1/i;;;;1T;;. The van der Waals surface area contributed by atoms with E-state index >= 15 is 0 Å². The predicted octanol–water partition coefficient (Wildman–Crippen LogP) is 9.63. The third-order valence-corrected chi connectivity index (χ3v) is 15.0. The summed E-state index contributed by atoms with van der Waals surface area (Å²) < 4.78 is 86.0. The Balaban J connectivity index is 0.000000367. The van der Waals surface area contributed by atoms with Crippen molar-refractivity contribution in [2.45, 2.75) is 162 Å². The number of carbonyl (C=O) groups is 6. The van der Waals surface area contributed by atoms with Gasteiger partial charge in [-0.1, -0.05) is 0 Å². The maximum absolute atomic E-state index is 13.8. The summed E-state index contributed by atoms with van der Waals surface area (Å²) in [6, 6.07) is 6.08. The SMILES string of the molecule is CC(=O)C1CCC(n2cc(NC(=O)c3coc(-c4ccnc(N(CC5CC5)C(=O)OC(C)(C)C)c4)n3)c(C(F)F)n2)CC1.CC(C)(C)OC(=O)N(CC1CC1)c1cc(-c2nc(C(=O)Nc3cn(C4CCC(C(=O)O)CC4)nc3C(F)F)co2)ccn1.P.[3H]P.[Li+].[OH-].[U]. The summed E-state index contributed by atoms with van der Waals surface area (Å²) >= 11 is 0. The fourth-order valence-electron chi connectivity index (χ4n) is 10.1. The number of ether oxygens (including phenoxy) is 2. The van der Waals surface area contributed by atoms with Gasteiger partial charge in [0.05, 0.1) is 30.7 Å². The van der Waals surface area contributed by atoms with Gasteiger partial charge in [-0.25, -0.2) is 47.1 Å². The van der Waals surface area contributed by atoms with Crippen LogP contribution in [0.4, 0.5) is 50.2 Å². The van der Waals surface area contributed by atoms with E-state index in [0.29, 0.717) is 99.1 Å². The number of pyridine rings is 2. The summed E-state index contributed by atoms with van der Waals surface area (Å²) in [5.74, 6) is -1.13. The second-order valence-corrected chi connectivity index (χ2v) is 24.2. The van der Waals surface area contributed by atoms with Crippen LogP contribution in [0.2, 0.25) is 0 Å². The van der Waals surface area contributed by atoms with Gasteiger partial charge in [-0.2, -0.15) is 29.9 Å². The van der Waals surface area contributed by atoms with Crippen molar-refractivity contribution < 1.29 is 125 Å². The van der Waals surface area contributed by atoms with Crippen molar-refractivity contribution in [3.63, 3.8) is 0 Å². The molecular formula is C59H77F4LiN12O12P2U. The average molecular weight is 1530 g/mol. The molecule has 10 rings (SSSR count). The number of nitrogens with zero attached hydrogens (tertiary/aromatic N) is 10. The number of carbonyl (C=O) groups excluding carboxylic acids is 5. The van der Waals surface area contributed by atoms with Crippen LogP contribution < -0.4 is 39.3 Å². The molecule has 32 heteroatoms. The van der Waals surface area contributed by atoms with Crippen molar-refractivity contribution in [3.8, 4) is 22.9 Å². The molecule has 0 aromatic carbocycles. The molecule has 4 aliphatic carbocycles. The first-order chi connectivity index (χ1) is 41.7. The fraction of sp³-hybridized carbons (Fsp3) is 0.525.